The second-order valence-electron chi connectivity index (χ2n) is 6.78. The van der Waals surface area contributed by atoms with E-state index >= 15 is 0 Å². The number of amides is 1. The van der Waals surface area contributed by atoms with Crippen LogP contribution in [0.15, 0.2) is 6.20 Å². The molecule has 1 fully saturated rings. The molecule has 1 aromatic heterocycles. The minimum Gasteiger partial charge on any atom is -0.349 e. The van der Waals surface area contributed by atoms with Crippen molar-refractivity contribution in [3.63, 3.8) is 0 Å². The highest BCUT2D eigenvalue weighted by Gasteiger charge is 2.26. The van der Waals surface area contributed by atoms with Gasteiger partial charge in [-0.15, -0.1) is 12.4 Å². The van der Waals surface area contributed by atoms with Crippen LogP contribution in [0, 0.1) is 12.8 Å². The van der Waals surface area contributed by atoms with Gasteiger partial charge in [-0.3, -0.25) is 9.48 Å². The lowest BCUT2D eigenvalue weighted by Gasteiger charge is -2.30. The second kappa shape index (κ2) is 6.79. The van der Waals surface area contributed by atoms with Gasteiger partial charge in [0.15, 0.2) is 0 Å². The monoisotopic (exact) mass is 314 g/mol. The SMILES string of the molecule is Cc1c(C(=O)NC2CCNCC2C)cnn1C(C)(C)C.Cl. The van der Waals surface area contributed by atoms with Crippen LogP contribution in [0.25, 0.3) is 0 Å². The van der Waals surface area contributed by atoms with Gasteiger partial charge in [-0.25, -0.2) is 0 Å². The molecule has 2 atom stereocenters. The molecule has 0 aliphatic carbocycles. The largest absolute Gasteiger partial charge is 0.349 e. The summed E-state index contributed by atoms with van der Waals surface area (Å²) >= 11 is 0. The van der Waals surface area contributed by atoms with Crippen molar-refractivity contribution >= 4 is 18.3 Å². The Morgan fingerprint density at radius 2 is 2.14 bits per heavy atom. The number of hydrogen-bond donors (Lipinski definition) is 2. The predicted octanol–water partition coefficient (Wildman–Crippen LogP) is 2.10. The molecule has 0 spiro atoms. The quantitative estimate of drug-likeness (QED) is 0.879. The Balaban J connectivity index is 0.00000220. The van der Waals surface area contributed by atoms with Crippen LogP contribution in [0.2, 0.25) is 0 Å². The Morgan fingerprint density at radius 1 is 1.48 bits per heavy atom. The lowest BCUT2D eigenvalue weighted by molar-refractivity contribution is 0.0913. The van der Waals surface area contributed by atoms with Crippen molar-refractivity contribution < 1.29 is 4.79 Å². The van der Waals surface area contributed by atoms with Crippen molar-refractivity contribution in [3.05, 3.63) is 17.5 Å². The number of aromatic nitrogens is 2. The van der Waals surface area contributed by atoms with Crippen LogP contribution in [0.5, 0.6) is 0 Å². The van der Waals surface area contributed by atoms with Gasteiger partial charge in [0.1, 0.15) is 0 Å². The van der Waals surface area contributed by atoms with E-state index in [4.69, 9.17) is 0 Å². The summed E-state index contributed by atoms with van der Waals surface area (Å²) in [6.07, 6.45) is 2.67. The Morgan fingerprint density at radius 3 is 2.67 bits per heavy atom. The van der Waals surface area contributed by atoms with Crippen molar-refractivity contribution in [2.45, 2.75) is 52.6 Å². The first-order valence-corrected chi connectivity index (χ1v) is 7.37. The molecule has 2 unspecified atom stereocenters. The van der Waals surface area contributed by atoms with Gasteiger partial charge in [0.2, 0.25) is 0 Å². The van der Waals surface area contributed by atoms with E-state index in [0.29, 0.717) is 11.5 Å². The zero-order chi connectivity index (χ0) is 14.9. The molecule has 6 heteroatoms. The summed E-state index contributed by atoms with van der Waals surface area (Å²) < 4.78 is 1.91. The van der Waals surface area contributed by atoms with Gasteiger partial charge >= 0.3 is 0 Å². The molecule has 0 bridgehead atoms. The van der Waals surface area contributed by atoms with E-state index in [-0.39, 0.29) is 29.9 Å². The molecule has 0 aromatic carbocycles. The third-order valence-corrected chi connectivity index (χ3v) is 3.99. The molecule has 1 amide bonds. The summed E-state index contributed by atoms with van der Waals surface area (Å²) in [6.45, 7) is 12.3. The molecule has 5 nitrogen and oxygen atoms in total. The smallest absolute Gasteiger partial charge is 0.254 e. The van der Waals surface area contributed by atoms with Crippen LogP contribution in [-0.2, 0) is 5.54 Å². The topological polar surface area (TPSA) is 59.0 Å². The normalized spacial score (nSPS) is 22.5. The van der Waals surface area contributed by atoms with Gasteiger partial charge < -0.3 is 10.6 Å². The zero-order valence-electron chi connectivity index (χ0n) is 13.6. The average Bonchev–Trinajstić information content (AvgIpc) is 2.74. The van der Waals surface area contributed by atoms with Crippen molar-refractivity contribution in [3.8, 4) is 0 Å². The minimum absolute atomic E-state index is 0. The number of halogens is 1. The highest BCUT2D eigenvalue weighted by molar-refractivity contribution is 5.95. The third kappa shape index (κ3) is 3.98. The number of hydrogen-bond acceptors (Lipinski definition) is 3. The Kier molecular flexibility index (Phi) is 5.82. The van der Waals surface area contributed by atoms with Crippen molar-refractivity contribution in [2.75, 3.05) is 13.1 Å². The third-order valence-electron chi connectivity index (χ3n) is 3.99. The number of carbonyl (C=O) groups is 1. The molecule has 1 aliphatic heterocycles. The van der Waals surface area contributed by atoms with E-state index < -0.39 is 0 Å². The fourth-order valence-electron chi connectivity index (χ4n) is 2.78. The van der Waals surface area contributed by atoms with Gasteiger partial charge in [0.25, 0.3) is 5.91 Å². The fourth-order valence-corrected chi connectivity index (χ4v) is 2.78. The van der Waals surface area contributed by atoms with Gasteiger partial charge in [0, 0.05) is 11.7 Å². The zero-order valence-corrected chi connectivity index (χ0v) is 14.4. The Hall–Kier alpha value is -1.07. The maximum absolute atomic E-state index is 12.4. The lowest BCUT2D eigenvalue weighted by atomic mass is 9.95. The molecular formula is C15H27ClN4O. The summed E-state index contributed by atoms with van der Waals surface area (Å²) in [6, 6.07) is 0.251. The molecule has 0 radical (unpaired) electrons. The highest BCUT2D eigenvalue weighted by atomic mass is 35.5. The summed E-state index contributed by atoms with van der Waals surface area (Å²) in [4.78, 5) is 12.4. The van der Waals surface area contributed by atoms with E-state index in [9.17, 15) is 4.79 Å². The first kappa shape index (κ1) is 18.0. The number of nitrogens with one attached hydrogen (secondary N) is 2. The van der Waals surface area contributed by atoms with Crippen LogP contribution in [0.1, 0.15) is 50.2 Å². The molecular weight excluding hydrogens is 288 g/mol. The maximum Gasteiger partial charge on any atom is 0.254 e. The van der Waals surface area contributed by atoms with Gasteiger partial charge in [-0.1, -0.05) is 6.92 Å². The van der Waals surface area contributed by atoms with E-state index in [0.717, 1.165) is 25.2 Å². The summed E-state index contributed by atoms with van der Waals surface area (Å²) in [5.41, 5.74) is 1.51. The number of nitrogens with zero attached hydrogens (tertiary/aromatic N) is 2. The molecule has 1 saturated heterocycles. The molecule has 2 rings (SSSR count). The number of carbonyl (C=O) groups excluding carboxylic acids is 1. The highest BCUT2D eigenvalue weighted by Crippen LogP contribution is 2.19. The molecule has 1 aromatic rings. The number of rotatable bonds is 2. The van der Waals surface area contributed by atoms with Crippen LogP contribution in [0.3, 0.4) is 0 Å². The first-order valence-electron chi connectivity index (χ1n) is 7.37. The molecule has 2 N–H and O–H groups in total. The van der Waals surface area contributed by atoms with Crippen LogP contribution in [-0.4, -0.2) is 34.8 Å². The first-order chi connectivity index (χ1) is 9.30. The fraction of sp³-hybridized carbons (Fsp3) is 0.733. The maximum atomic E-state index is 12.4. The Labute approximate surface area is 133 Å². The average molecular weight is 315 g/mol. The molecule has 2 heterocycles. The van der Waals surface area contributed by atoms with E-state index in [1.54, 1.807) is 6.20 Å². The van der Waals surface area contributed by atoms with Gasteiger partial charge in [-0.05, 0) is 53.1 Å². The summed E-state index contributed by atoms with van der Waals surface area (Å²) in [7, 11) is 0. The van der Waals surface area contributed by atoms with Crippen LogP contribution < -0.4 is 10.6 Å². The van der Waals surface area contributed by atoms with Gasteiger partial charge in [0.05, 0.1) is 17.3 Å². The minimum atomic E-state index is -0.106. The van der Waals surface area contributed by atoms with Gasteiger partial charge in [-0.2, -0.15) is 5.10 Å². The van der Waals surface area contributed by atoms with Crippen molar-refractivity contribution in [1.29, 1.82) is 0 Å². The Bertz CT molecular complexity index is 492. The summed E-state index contributed by atoms with van der Waals surface area (Å²) in [5, 5.41) is 10.9. The van der Waals surface area contributed by atoms with Crippen molar-refractivity contribution in [1.82, 2.24) is 20.4 Å². The van der Waals surface area contributed by atoms with Crippen molar-refractivity contribution in [2.24, 2.45) is 5.92 Å². The molecule has 21 heavy (non-hydrogen) atoms. The molecule has 120 valence electrons. The second-order valence-corrected chi connectivity index (χ2v) is 6.78. The molecule has 0 saturated carbocycles. The van der Waals surface area contributed by atoms with E-state index in [1.807, 2.05) is 11.6 Å². The summed E-state index contributed by atoms with van der Waals surface area (Å²) in [5.74, 6) is 0.461. The van der Waals surface area contributed by atoms with E-state index in [1.165, 1.54) is 0 Å². The molecule has 1 aliphatic rings. The van der Waals surface area contributed by atoms with E-state index in [2.05, 4.69) is 43.4 Å². The standard InChI is InChI=1S/C15H26N4O.ClH/c1-10-8-16-7-6-13(10)18-14(20)12-9-17-19(11(12)2)15(3,4)5;/h9-10,13,16H,6-8H2,1-5H3,(H,18,20);1H. The van der Waals surface area contributed by atoms with Crippen LogP contribution >= 0.6 is 12.4 Å². The number of piperidine rings is 1. The lowest BCUT2D eigenvalue weighted by Crippen LogP contribution is -2.48. The van der Waals surface area contributed by atoms with Crippen LogP contribution in [0.4, 0.5) is 0 Å². The predicted molar refractivity (Wildman–Crippen MR) is 87.1 cm³/mol.